The first kappa shape index (κ1) is 18.4. The Hall–Kier alpha value is -2.39. The molecule has 2 aromatic heterocycles. The number of nitrogen functional groups attached to an aromatic ring is 1. The van der Waals surface area contributed by atoms with Gasteiger partial charge in [0.15, 0.2) is 11.5 Å². The Kier molecular flexibility index (Phi) is 5.58. The molecule has 0 amide bonds. The zero-order valence-electron chi connectivity index (χ0n) is 14.2. The number of benzene rings is 1. The summed E-state index contributed by atoms with van der Waals surface area (Å²) >= 11 is 5.70. The average Bonchev–Trinajstić information content (AvgIpc) is 2.96. The van der Waals surface area contributed by atoms with E-state index in [1.54, 1.807) is 7.11 Å². The van der Waals surface area contributed by atoms with E-state index in [4.69, 9.17) is 26.9 Å². The number of ether oxygens (including phenoxy) is 1. The summed E-state index contributed by atoms with van der Waals surface area (Å²) in [5.41, 5.74) is 7.37. The lowest BCUT2D eigenvalue weighted by atomic mass is 10.2. The summed E-state index contributed by atoms with van der Waals surface area (Å²) < 4.78 is 14.9. The fraction of sp³-hybridized carbons (Fsp3) is 0.312. The quantitative estimate of drug-likeness (QED) is 0.418. The van der Waals surface area contributed by atoms with Crippen LogP contribution in [0.25, 0.3) is 11.2 Å². The lowest BCUT2D eigenvalue weighted by Crippen LogP contribution is -2.18. The number of hydrogen-bond acceptors (Lipinski definition) is 6. The van der Waals surface area contributed by atoms with Crippen LogP contribution in [0.2, 0.25) is 0 Å². The number of H-pyrrole nitrogens is 1. The van der Waals surface area contributed by atoms with Gasteiger partial charge in [-0.1, -0.05) is 12.1 Å². The molecule has 3 rings (SSSR count). The van der Waals surface area contributed by atoms with Gasteiger partial charge >= 0.3 is 5.69 Å². The molecule has 26 heavy (non-hydrogen) atoms. The van der Waals surface area contributed by atoms with Gasteiger partial charge in [-0.2, -0.15) is 0 Å². The van der Waals surface area contributed by atoms with E-state index in [2.05, 4.69) is 15.0 Å². The molecule has 8 nitrogen and oxygen atoms in total. The van der Waals surface area contributed by atoms with Crippen molar-refractivity contribution in [2.75, 3.05) is 24.5 Å². The predicted octanol–water partition coefficient (Wildman–Crippen LogP) is 2.13. The SMILES string of the molecule is COc1ccc(Cn2c(=O)[nH]c3c(N)nc(S(=N)CCCCl)nc32)cc1. The third kappa shape index (κ3) is 3.73. The van der Waals surface area contributed by atoms with Crippen LogP contribution in [0.5, 0.6) is 5.75 Å². The molecule has 2 heterocycles. The van der Waals surface area contributed by atoms with Crippen LogP contribution in [0, 0.1) is 4.78 Å². The van der Waals surface area contributed by atoms with Crippen molar-refractivity contribution in [2.24, 2.45) is 0 Å². The minimum Gasteiger partial charge on any atom is -0.497 e. The van der Waals surface area contributed by atoms with Gasteiger partial charge in [0.25, 0.3) is 0 Å². The molecule has 3 aromatic rings. The number of alkyl halides is 1. The van der Waals surface area contributed by atoms with Gasteiger partial charge in [0.2, 0.25) is 5.16 Å². The smallest absolute Gasteiger partial charge is 0.328 e. The number of imidazole rings is 1. The van der Waals surface area contributed by atoms with E-state index >= 15 is 0 Å². The summed E-state index contributed by atoms with van der Waals surface area (Å²) in [6, 6.07) is 7.42. The van der Waals surface area contributed by atoms with Crippen molar-refractivity contribution in [3.8, 4) is 5.75 Å². The van der Waals surface area contributed by atoms with Gasteiger partial charge in [-0.25, -0.2) is 14.8 Å². The van der Waals surface area contributed by atoms with E-state index in [1.807, 2.05) is 24.3 Å². The number of aromatic nitrogens is 4. The molecule has 0 spiro atoms. The van der Waals surface area contributed by atoms with Crippen LogP contribution < -0.4 is 16.2 Å². The summed E-state index contributed by atoms with van der Waals surface area (Å²) in [4.78, 5) is 23.7. The Morgan fingerprint density at radius 2 is 2.08 bits per heavy atom. The van der Waals surface area contributed by atoms with Crippen LogP contribution in [0.3, 0.4) is 0 Å². The van der Waals surface area contributed by atoms with E-state index in [0.29, 0.717) is 40.9 Å². The molecule has 0 bridgehead atoms. The van der Waals surface area contributed by atoms with Crippen LogP contribution in [-0.4, -0.2) is 38.3 Å². The fourth-order valence-electron chi connectivity index (χ4n) is 2.49. The van der Waals surface area contributed by atoms with Gasteiger partial charge in [-0.05, 0) is 34.8 Å². The normalized spacial score (nSPS) is 12.4. The molecule has 0 aliphatic rings. The molecular formula is C16H19ClN6O2S. The Labute approximate surface area is 157 Å². The van der Waals surface area contributed by atoms with Crippen LogP contribution >= 0.6 is 11.6 Å². The molecule has 10 heteroatoms. The van der Waals surface area contributed by atoms with Crippen LogP contribution in [0.15, 0.2) is 34.2 Å². The minimum absolute atomic E-state index is 0.172. The second kappa shape index (κ2) is 7.88. The zero-order valence-corrected chi connectivity index (χ0v) is 15.7. The van der Waals surface area contributed by atoms with E-state index in [1.165, 1.54) is 4.57 Å². The molecule has 0 radical (unpaired) electrons. The number of nitrogens with one attached hydrogen (secondary N) is 2. The summed E-state index contributed by atoms with van der Waals surface area (Å²) in [5, 5.41) is 0.322. The van der Waals surface area contributed by atoms with Gasteiger partial charge in [-0.3, -0.25) is 9.35 Å². The number of halogens is 1. The third-order valence-electron chi connectivity index (χ3n) is 3.83. The number of fused-ring (bicyclic) bond motifs is 1. The lowest BCUT2D eigenvalue weighted by Gasteiger charge is -2.07. The van der Waals surface area contributed by atoms with Crippen LogP contribution in [0.4, 0.5) is 5.82 Å². The van der Waals surface area contributed by atoms with E-state index in [-0.39, 0.29) is 11.5 Å². The molecule has 0 aliphatic heterocycles. The monoisotopic (exact) mass is 394 g/mol. The van der Waals surface area contributed by atoms with Gasteiger partial charge in [0, 0.05) is 11.6 Å². The van der Waals surface area contributed by atoms with Crippen molar-refractivity contribution in [1.29, 1.82) is 4.78 Å². The Morgan fingerprint density at radius 1 is 1.35 bits per heavy atom. The molecule has 1 aromatic carbocycles. The maximum atomic E-state index is 12.4. The lowest BCUT2D eigenvalue weighted by molar-refractivity contribution is 0.414. The fourth-order valence-corrected chi connectivity index (χ4v) is 3.80. The number of methoxy groups -OCH3 is 1. The summed E-state index contributed by atoms with van der Waals surface area (Å²) in [7, 11) is 0.668. The third-order valence-corrected chi connectivity index (χ3v) is 5.42. The molecule has 0 saturated heterocycles. The molecule has 4 N–H and O–H groups in total. The molecule has 1 atom stereocenters. The van der Waals surface area contributed by atoms with Crippen molar-refractivity contribution in [3.63, 3.8) is 0 Å². The van der Waals surface area contributed by atoms with E-state index in [0.717, 1.165) is 11.3 Å². The standard InChI is InChI=1S/C16H19ClN6O2S/c1-25-11-5-3-10(4-6-11)9-23-14-12(20-16(23)24)13(18)21-15(22-14)26(19)8-2-7-17/h3-6,19H,2,7-9H2,1H3,(H,20,24)(H2,18,21,22). The van der Waals surface area contributed by atoms with Crippen molar-refractivity contribution >= 4 is 39.3 Å². The number of aromatic amines is 1. The number of hydrogen-bond donors (Lipinski definition) is 3. The number of nitrogens with two attached hydrogens (primary N) is 1. The molecule has 0 saturated carbocycles. The Morgan fingerprint density at radius 3 is 2.73 bits per heavy atom. The Bertz CT molecular complexity index is 998. The van der Waals surface area contributed by atoms with E-state index in [9.17, 15) is 4.79 Å². The first-order valence-corrected chi connectivity index (χ1v) is 9.83. The molecular weight excluding hydrogens is 376 g/mol. The van der Waals surface area contributed by atoms with Crippen molar-refractivity contribution < 1.29 is 4.74 Å². The number of rotatable bonds is 7. The van der Waals surface area contributed by atoms with Crippen LogP contribution in [-0.2, 0) is 17.2 Å². The topological polar surface area (TPSA) is 123 Å². The highest BCUT2D eigenvalue weighted by molar-refractivity contribution is 7.85. The second-order valence-electron chi connectivity index (χ2n) is 5.59. The van der Waals surface area contributed by atoms with Crippen molar-refractivity contribution in [3.05, 3.63) is 40.3 Å². The highest BCUT2D eigenvalue weighted by Crippen LogP contribution is 2.18. The van der Waals surface area contributed by atoms with Gasteiger partial charge in [0.05, 0.1) is 13.7 Å². The molecule has 138 valence electrons. The first-order valence-electron chi connectivity index (χ1n) is 7.90. The van der Waals surface area contributed by atoms with Crippen molar-refractivity contribution in [1.82, 2.24) is 19.5 Å². The van der Waals surface area contributed by atoms with E-state index < -0.39 is 10.7 Å². The zero-order chi connectivity index (χ0) is 18.7. The van der Waals surface area contributed by atoms with Gasteiger partial charge in [-0.15, -0.1) is 11.6 Å². The number of anilines is 1. The van der Waals surface area contributed by atoms with Gasteiger partial charge < -0.3 is 15.5 Å². The average molecular weight is 395 g/mol. The maximum Gasteiger partial charge on any atom is 0.328 e. The predicted molar refractivity (Wildman–Crippen MR) is 103 cm³/mol. The largest absolute Gasteiger partial charge is 0.497 e. The van der Waals surface area contributed by atoms with Crippen LogP contribution in [0.1, 0.15) is 12.0 Å². The van der Waals surface area contributed by atoms with Gasteiger partial charge in [0.1, 0.15) is 11.3 Å². The second-order valence-corrected chi connectivity index (χ2v) is 7.52. The highest BCUT2D eigenvalue weighted by atomic mass is 35.5. The molecule has 0 aliphatic carbocycles. The minimum atomic E-state index is -0.932. The Balaban J connectivity index is 2.01. The molecule has 1 unspecified atom stereocenters. The molecule has 0 fully saturated rings. The summed E-state index contributed by atoms with van der Waals surface area (Å²) in [5.74, 6) is 1.95. The number of nitrogens with zero attached hydrogens (tertiary/aromatic N) is 3. The summed E-state index contributed by atoms with van der Waals surface area (Å²) in [6.45, 7) is 0.326. The summed E-state index contributed by atoms with van der Waals surface area (Å²) in [6.07, 6.45) is 0.696. The first-order chi connectivity index (χ1) is 12.5. The highest BCUT2D eigenvalue weighted by Gasteiger charge is 2.15. The van der Waals surface area contributed by atoms with Crippen molar-refractivity contribution in [2.45, 2.75) is 18.1 Å². The maximum absolute atomic E-state index is 12.4.